The van der Waals surface area contributed by atoms with Crippen molar-refractivity contribution in [3.05, 3.63) is 84.2 Å². The van der Waals surface area contributed by atoms with Crippen LogP contribution in [0, 0.1) is 11.6 Å². The minimum Gasteiger partial charge on any atom is -0.492 e. The third-order valence-corrected chi connectivity index (χ3v) is 9.63. The van der Waals surface area contributed by atoms with Gasteiger partial charge in [-0.3, -0.25) is 14.3 Å². The molecule has 0 bridgehead atoms. The smallest absolute Gasteiger partial charge is 0.246 e. The van der Waals surface area contributed by atoms with Crippen LogP contribution in [-0.2, 0) is 23.2 Å². The second-order valence-corrected chi connectivity index (χ2v) is 12.4. The molecular formula is C35H31F2N7O3S. The van der Waals surface area contributed by atoms with E-state index in [0.717, 1.165) is 39.8 Å². The fourth-order valence-electron chi connectivity index (χ4n) is 6.27. The number of fused-ring (bicyclic) bond motifs is 3. The molecule has 2 aromatic carbocycles. The maximum absolute atomic E-state index is 16.1. The first-order chi connectivity index (χ1) is 23.2. The number of carbonyl (C=O) groups is 2. The molecule has 244 valence electrons. The monoisotopic (exact) mass is 667 g/mol. The topological polar surface area (TPSA) is 107 Å². The number of nitrogens with one attached hydrogen (secondary N) is 1. The summed E-state index contributed by atoms with van der Waals surface area (Å²) in [6.45, 7) is 6.34. The molecule has 4 aromatic heterocycles. The molecule has 1 aliphatic heterocycles. The standard InChI is InChI=1S/C35H31F2N7O3S/c1-5-30(46)43-10-11-44-27(19(43)2)17-25(41-44)34-32(31-23(37)15-21(36)16-28(31)47-12-8-29(45)38-3)35-22(9-13-48-35)33(40-34)20-6-7-26-24(14-20)39-18-42(26)4/h5-7,9,13-19H,1,8,10-12H2,2-4H3,(H,38,45)/t19-/m1/s1. The molecule has 0 saturated heterocycles. The first kappa shape index (κ1) is 31.2. The molecule has 0 fully saturated rings. The van der Waals surface area contributed by atoms with E-state index in [0.29, 0.717) is 40.4 Å². The van der Waals surface area contributed by atoms with Gasteiger partial charge in [-0.1, -0.05) is 12.6 Å². The molecule has 2 amide bonds. The van der Waals surface area contributed by atoms with E-state index >= 15 is 4.39 Å². The lowest BCUT2D eigenvalue weighted by molar-refractivity contribution is -0.129. The molecule has 6 aromatic rings. The van der Waals surface area contributed by atoms with Gasteiger partial charge in [0.2, 0.25) is 11.8 Å². The number of pyridine rings is 1. The highest BCUT2D eigenvalue weighted by molar-refractivity contribution is 7.18. The van der Waals surface area contributed by atoms with Crippen LogP contribution in [0.25, 0.3) is 54.9 Å². The zero-order valence-corrected chi connectivity index (χ0v) is 27.3. The zero-order chi connectivity index (χ0) is 33.7. The molecule has 0 saturated carbocycles. The van der Waals surface area contributed by atoms with Crippen LogP contribution in [0.4, 0.5) is 8.78 Å². The van der Waals surface area contributed by atoms with Crippen molar-refractivity contribution < 1.29 is 23.1 Å². The maximum atomic E-state index is 16.1. The predicted octanol–water partition coefficient (Wildman–Crippen LogP) is 6.26. The van der Waals surface area contributed by atoms with Gasteiger partial charge in [-0.2, -0.15) is 5.10 Å². The Morgan fingerprint density at radius 2 is 1.96 bits per heavy atom. The number of nitrogens with zero attached hydrogens (tertiary/aromatic N) is 6. The second kappa shape index (κ2) is 12.3. The zero-order valence-electron chi connectivity index (χ0n) is 26.5. The number of aryl methyl sites for hydroxylation is 1. The number of carbonyl (C=O) groups excluding carboxylic acids is 2. The third kappa shape index (κ3) is 5.29. The van der Waals surface area contributed by atoms with Crippen LogP contribution < -0.4 is 10.1 Å². The minimum absolute atomic E-state index is 0.00584. The van der Waals surface area contributed by atoms with Crippen molar-refractivity contribution in [2.75, 3.05) is 20.2 Å². The summed E-state index contributed by atoms with van der Waals surface area (Å²) < 4.78 is 41.2. The minimum atomic E-state index is -0.842. The Kier molecular flexibility index (Phi) is 7.99. The van der Waals surface area contributed by atoms with Crippen molar-refractivity contribution in [3.8, 4) is 39.5 Å². The van der Waals surface area contributed by atoms with E-state index in [2.05, 4.69) is 16.9 Å². The number of hydrogen-bond donors (Lipinski definition) is 1. The summed E-state index contributed by atoms with van der Waals surface area (Å²) in [5.74, 6) is -2.18. The molecular weight excluding hydrogens is 636 g/mol. The van der Waals surface area contributed by atoms with Crippen LogP contribution in [0.2, 0.25) is 0 Å². The third-order valence-electron chi connectivity index (χ3n) is 8.70. The quantitative estimate of drug-likeness (QED) is 0.192. The molecule has 0 radical (unpaired) electrons. The fraction of sp³-hybridized carbons (Fsp3) is 0.229. The van der Waals surface area contributed by atoms with Gasteiger partial charge in [0.1, 0.15) is 28.8 Å². The fourth-order valence-corrected chi connectivity index (χ4v) is 7.22. The van der Waals surface area contributed by atoms with Crippen molar-refractivity contribution in [1.82, 2.24) is 34.5 Å². The number of aromatic nitrogens is 5. The number of rotatable bonds is 8. The van der Waals surface area contributed by atoms with E-state index in [4.69, 9.17) is 14.8 Å². The molecule has 1 aliphatic rings. The Labute approximate surface area is 278 Å². The molecule has 7 rings (SSSR count). The van der Waals surface area contributed by atoms with Gasteiger partial charge in [-0.05, 0) is 42.6 Å². The van der Waals surface area contributed by atoms with E-state index in [1.807, 2.05) is 58.9 Å². The number of ether oxygens (including phenoxy) is 1. The summed E-state index contributed by atoms with van der Waals surface area (Å²) in [5, 5.41) is 10.1. The summed E-state index contributed by atoms with van der Waals surface area (Å²) >= 11 is 1.39. The SMILES string of the molecule is C=CC(=O)N1CCn2nc(-c3nc(-c4ccc5c(c4)ncn5C)c4ccsc4c3-c3c(F)cc(F)cc3OCCC(=O)NC)cc2[C@H]1C. The van der Waals surface area contributed by atoms with Crippen LogP contribution in [0.3, 0.4) is 0 Å². The lowest BCUT2D eigenvalue weighted by Crippen LogP contribution is -2.40. The lowest BCUT2D eigenvalue weighted by Gasteiger charge is -2.33. The Morgan fingerprint density at radius 1 is 1.12 bits per heavy atom. The highest BCUT2D eigenvalue weighted by Gasteiger charge is 2.31. The van der Waals surface area contributed by atoms with E-state index < -0.39 is 11.6 Å². The average Bonchev–Trinajstić information content (AvgIpc) is 3.83. The van der Waals surface area contributed by atoms with Crippen LogP contribution >= 0.6 is 11.3 Å². The average molecular weight is 668 g/mol. The molecule has 0 aliphatic carbocycles. The van der Waals surface area contributed by atoms with Gasteiger partial charge >= 0.3 is 0 Å². The van der Waals surface area contributed by atoms with E-state index in [-0.39, 0.29) is 42.2 Å². The second-order valence-electron chi connectivity index (χ2n) is 11.5. The molecule has 0 spiro atoms. The van der Waals surface area contributed by atoms with Gasteiger partial charge < -0.3 is 19.5 Å². The van der Waals surface area contributed by atoms with Gasteiger partial charge in [0, 0.05) is 54.0 Å². The first-order valence-electron chi connectivity index (χ1n) is 15.3. The molecule has 13 heteroatoms. The van der Waals surface area contributed by atoms with E-state index in [1.54, 1.807) is 11.2 Å². The normalized spacial score (nSPS) is 14.4. The maximum Gasteiger partial charge on any atom is 0.246 e. The van der Waals surface area contributed by atoms with Gasteiger partial charge in [-0.25, -0.2) is 18.7 Å². The summed E-state index contributed by atoms with van der Waals surface area (Å²) in [4.78, 5) is 36.0. The van der Waals surface area contributed by atoms with Gasteiger partial charge in [0.25, 0.3) is 0 Å². The van der Waals surface area contributed by atoms with Crippen molar-refractivity contribution in [2.45, 2.75) is 25.9 Å². The summed E-state index contributed by atoms with van der Waals surface area (Å²) in [5.41, 5.74) is 5.19. The molecule has 48 heavy (non-hydrogen) atoms. The van der Waals surface area contributed by atoms with Crippen molar-refractivity contribution in [3.63, 3.8) is 0 Å². The highest BCUT2D eigenvalue weighted by Crippen LogP contribution is 2.47. The number of benzene rings is 2. The number of amides is 2. The van der Waals surface area contributed by atoms with Crippen LogP contribution in [-0.4, -0.2) is 61.2 Å². The molecule has 0 unspecified atom stereocenters. The summed E-state index contributed by atoms with van der Waals surface area (Å²) in [7, 11) is 3.43. The van der Waals surface area contributed by atoms with Crippen LogP contribution in [0.1, 0.15) is 25.1 Å². The largest absolute Gasteiger partial charge is 0.492 e. The highest BCUT2D eigenvalue weighted by atomic mass is 32.1. The Morgan fingerprint density at radius 3 is 2.75 bits per heavy atom. The number of thiophene rings is 1. The Hall–Kier alpha value is -5.43. The van der Waals surface area contributed by atoms with E-state index in [9.17, 15) is 14.0 Å². The number of halogens is 2. The molecule has 10 nitrogen and oxygen atoms in total. The van der Waals surface area contributed by atoms with Gasteiger partial charge in [0.15, 0.2) is 0 Å². The molecule has 1 N–H and O–H groups in total. The molecule has 5 heterocycles. The lowest BCUT2D eigenvalue weighted by atomic mass is 9.96. The van der Waals surface area contributed by atoms with Crippen LogP contribution in [0.15, 0.2) is 66.8 Å². The Balaban J connectivity index is 1.48. The van der Waals surface area contributed by atoms with Gasteiger partial charge in [-0.15, -0.1) is 11.3 Å². The summed E-state index contributed by atoms with van der Waals surface area (Å²) in [6, 6.07) is 11.3. The first-order valence-corrected chi connectivity index (χ1v) is 16.2. The van der Waals surface area contributed by atoms with Crippen molar-refractivity contribution in [1.29, 1.82) is 0 Å². The number of imidazole rings is 1. The predicted molar refractivity (Wildman–Crippen MR) is 180 cm³/mol. The summed E-state index contributed by atoms with van der Waals surface area (Å²) in [6.07, 6.45) is 3.03. The Bertz CT molecular complexity index is 2260. The van der Waals surface area contributed by atoms with Crippen molar-refractivity contribution in [2.24, 2.45) is 7.05 Å². The van der Waals surface area contributed by atoms with E-state index in [1.165, 1.54) is 24.5 Å². The van der Waals surface area contributed by atoms with Crippen molar-refractivity contribution >= 4 is 44.3 Å². The number of hydrogen-bond acceptors (Lipinski definition) is 7. The van der Waals surface area contributed by atoms with Crippen LogP contribution in [0.5, 0.6) is 5.75 Å². The van der Waals surface area contributed by atoms with Gasteiger partial charge in [0.05, 0.1) is 59.9 Å². The molecule has 1 atom stereocenters.